The van der Waals surface area contributed by atoms with Gasteiger partial charge in [-0.2, -0.15) is 13.2 Å². The van der Waals surface area contributed by atoms with Crippen LogP contribution in [0.5, 0.6) is 0 Å². The largest absolute Gasteiger partial charge is 0.481 e. The van der Waals surface area contributed by atoms with E-state index in [1.807, 2.05) is 0 Å². The van der Waals surface area contributed by atoms with Crippen molar-refractivity contribution < 1.29 is 32.7 Å². The number of rotatable bonds is 3. The standard InChI is InChI=1S/C16H18F3N3O4/c1-9(23)20-11-4-5-13(12(7-11)16(17,18)19)21-15(26)22-6-2-3-10(8-22)14(24)25/h4-5,7,10H,2-3,6,8H2,1H3,(H,20,23)(H,21,26)(H,24,25). The number of carbonyl (C=O) groups is 3. The molecule has 0 bridgehead atoms. The van der Waals surface area contributed by atoms with E-state index in [2.05, 4.69) is 10.6 Å². The van der Waals surface area contributed by atoms with Gasteiger partial charge in [-0.3, -0.25) is 9.59 Å². The third-order valence-corrected chi connectivity index (χ3v) is 3.94. The van der Waals surface area contributed by atoms with E-state index < -0.39 is 41.3 Å². The van der Waals surface area contributed by atoms with E-state index >= 15 is 0 Å². The second kappa shape index (κ2) is 7.63. The van der Waals surface area contributed by atoms with Crippen LogP contribution in [0.2, 0.25) is 0 Å². The second-order valence-corrected chi connectivity index (χ2v) is 5.99. The summed E-state index contributed by atoms with van der Waals surface area (Å²) in [6.07, 6.45) is -3.88. The van der Waals surface area contributed by atoms with Gasteiger partial charge in [0.2, 0.25) is 5.91 Å². The van der Waals surface area contributed by atoms with Crippen molar-refractivity contribution >= 4 is 29.3 Å². The maximum atomic E-state index is 13.3. The number of amides is 3. The summed E-state index contributed by atoms with van der Waals surface area (Å²) in [6, 6.07) is 2.22. The first-order valence-electron chi connectivity index (χ1n) is 7.85. The predicted molar refractivity (Wildman–Crippen MR) is 86.7 cm³/mol. The average molecular weight is 373 g/mol. The van der Waals surface area contributed by atoms with Crippen molar-refractivity contribution in [3.8, 4) is 0 Å². The maximum Gasteiger partial charge on any atom is 0.418 e. The summed E-state index contributed by atoms with van der Waals surface area (Å²) in [6.45, 7) is 1.37. The number of carbonyl (C=O) groups excluding carboxylic acids is 2. The normalized spacial score (nSPS) is 17.5. The lowest BCUT2D eigenvalue weighted by molar-refractivity contribution is -0.143. The zero-order chi connectivity index (χ0) is 19.5. The molecule has 1 aliphatic rings. The highest BCUT2D eigenvalue weighted by molar-refractivity contribution is 5.92. The SMILES string of the molecule is CC(=O)Nc1ccc(NC(=O)N2CCCC(C(=O)O)C2)c(C(F)(F)F)c1. The van der Waals surface area contributed by atoms with Gasteiger partial charge in [-0.05, 0) is 31.0 Å². The summed E-state index contributed by atoms with van der Waals surface area (Å²) in [7, 11) is 0. The van der Waals surface area contributed by atoms with E-state index in [1.54, 1.807) is 0 Å². The lowest BCUT2D eigenvalue weighted by Gasteiger charge is -2.31. The van der Waals surface area contributed by atoms with Crippen LogP contribution in [-0.2, 0) is 15.8 Å². The number of alkyl halides is 3. The summed E-state index contributed by atoms with van der Waals surface area (Å²) in [5.74, 6) is -2.31. The highest BCUT2D eigenvalue weighted by Gasteiger charge is 2.35. The Labute approximate surface area is 147 Å². The van der Waals surface area contributed by atoms with Crippen molar-refractivity contribution in [2.24, 2.45) is 5.92 Å². The Bertz CT molecular complexity index is 721. The molecule has 26 heavy (non-hydrogen) atoms. The van der Waals surface area contributed by atoms with Crippen molar-refractivity contribution in [1.29, 1.82) is 0 Å². The molecule has 1 aromatic rings. The van der Waals surface area contributed by atoms with Crippen LogP contribution in [0.3, 0.4) is 0 Å². The predicted octanol–water partition coefficient (Wildman–Crippen LogP) is 2.99. The summed E-state index contributed by atoms with van der Waals surface area (Å²) in [5.41, 5.74) is -1.62. The van der Waals surface area contributed by atoms with Gasteiger partial charge in [0.15, 0.2) is 0 Å². The van der Waals surface area contributed by atoms with Gasteiger partial charge < -0.3 is 20.6 Å². The molecule has 3 amide bonds. The van der Waals surface area contributed by atoms with Crippen molar-refractivity contribution in [3.63, 3.8) is 0 Å². The third-order valence-electron chi connectivity index (χ3n) is 3.94. The number of piperidine rings is 1. The van der Waals surface area contributed by atoms with Gasteiger partial charge >= 0.3 is 18.2 Å². The number of carboxylic acid groups (broad SMARTS) is 1. The highest BCUT2D eigenvalue weighted by Crippen LogP contribution is 2.37. The quantitative estimate of drug-likeness (QED) is 0.759. The first-order chi connectivity index (χ1) is 12.1. The zero-order valence-corrected chi connectivity index (χ0v) is 13.9. The Hall–Kier alpha value is -2.78. The van der Waals surface area contributed by atoms with Crippen LogP contribution in [0, 0.1) is 5.92 Å². The molecule has 1 atom stereocenters. The molecule has 1 saturated heterocycles. The molecule has 7 nitrogen and oxygen atoms in total. The number of nitrogens with zero attached hydrogens (tertiary/aromatic N) is 1. The van der Waals surface area contributed by atoms with Crippen molar-refractivity contribution in [2.75, 3.05) is 23.7 Å². The van der Waals surface area contributed by atoms with Gasteiger partial charge in [0.25, 0.3) is 0 Å². The molecule has 142 valence electrons. The number of benzene rings is 1. The first-order valence-corrected chi connectivity index (χ1v) is 7.85. The van der Waals surface area contributed by atoms with Crippen LogP contribution in [0.25, 0.3) is 0 Å². The van der Waals surface area contributed by atoms with E-state index in [9.17, 15) is 27.6 Å². The number of carboxylic acids is 1. The molecule has 0 aromatic heterocycles. The van der Waals surface area contributed by atoms with E-state index in [0.717, 1.165) is 19.1 Å². The summed E-state index contributed by atoms with van der Waals surface area (Å²) >= 11 is 0. The zero-order valence-electron chi connectivity index (χ0n) is 13.9. The third kappa shape index (κ3) is 4.87. The molecule has 2 rings (SSSR count). The van der Waals surface area contributed by atoms with Crippen molar-refractivity contribution in [1.82, 2.24) is 4.90 Å². The van der Waals surface area contributed by atoms with Crippen LogP contribution >= 0.6 is 0 Å². The van der Waals surface area contributed by atoms with Crippen LogP contribution in [0.4, 0.5) is 29.3 Å². The Morgan fingerprint density at radius 2 is 1.92 bits per heavy atom. The molecule has 10 heteroatoms. The van der Waals surface area contributed by atoms with Crippen LogP contribution in [0.15, 0.2) is 18.2 Å². The average Bonchev–Trinajstić information content (AvgIpc) is 2.54. The van der Waals surface area contributed by atoms with Crippen molar-refractivity contribution in [3.05, 3.63) is 23.8 Å². The van der Waals surface area contributed by atoms with Crippen LogP contribution in [0.1, 0.15) is 25.3 Å². The highest BCUT2D eigenvalue weighted by atomic mass is 19.4. The molecule has 3 N–H and O–H groups in total. The molecule has 1 aromatic carbocycles. The number of likely N-dealkylation sites (tertiary alicyclic amines) is 1. The van der Waals surface area contributed by atoms with E-state index in [0.29, 0.717) is 12.8 Å². The number of aliphatic carboxylic acids is 1. The molecule has 1 unspecified atom stereocenters. The summed E-state index contributed by atoms with van der Waals surface area (Å²) in [5, 5.41) is 13.5. The summed E-state index contributed by atoms with van der Waals surface area (Å²) < 4.78 is 39.8. The van der Waals surface area contributed by atoms with E-state index in [-0.39, 0.29) is 18.8 Å². The number of hydrogen-bond donors (Lipinski definition) is 3. The molecule has 0 spiro atoms. The number of hydrogen-bond acceptors (Lipinski definition) is 3. The van der Waals surface area contributed by atoms with Crippen molar-refractivity contribution in [2.45, 2.75) is 25.9 Å². The minimum atomic E-state index is -4.75. The number of nitrogens with one attached hydrogen (secondary N) is 2. The number of urea groups is 1. The number of anilines is 2. The Kier molecular flexibility index (Phi) is 5.73. The molecule has 1 fully saturated rings. The lowest BCUT2D eigenvalue weighted by Crippen LogP contribution is -2.44. The smallest absolute Gasteiger partial charge is 0.418 e. The second-order valence-electron chi connectivity index (χ2n) is 5.99. The maximum absolute atomic E-state index is 13.3. The van der Waals surface area contributed by atoms with Gasteiger partial charge in [0.1, 0.15) is 0 Å². The molecular weight excluding hydrogens is 355 g/mol. The molecule has 1 heterocycles. The molecule has 1 aliphatic heterocycles. The van der Waals surface area contributed by atoms with Crippen LogP contribution in [-0.4, -0.2) is 41.0 Å². The van der Waals surface area contributed by atoms with Gasteiger partial charge in [0, 0.05) is 25.7 Å². The Morgan fingerprint density at radius 3 is 2.50 bits per heavy atom. The lowest BCUT2D eigenvalue weighted by atomic mass is 9.99. The first kappa shape index (κ1) is 19.5. The topological polar surface area (TPSA) is 98.7 Å². The molecule has 0 aliphatic carbocycles. The van der Waals surface area contributed by atoms with Gasteiger partial charge in [-0.15, -0.1) is 0 Å². The number of halogens is 3. The fourth-order valence-corrected chi connectivity index (χ4v) is 2.73. The van der Waals surface area contributed by atoms with E-state index in [1.165, 1.54) is 11.0 Å². The van der Waals surface area contributed by atoms with Gasteiger partial charge in [0.05, 0.1) is 17.2 Å². The molecule has 0 saturated carbocycles. The van der Waals surface area contributed by atoms with Gasteiger partial charge in [-0.1, -0.05) is 0 Å². The molecular formula is C16H18F3N3O4. The Morgan fingerprint density at radius 1 is 1.23 bits per heavy atom. The fourth-order valence-electron chi connectivity index (χ4n) is 2.73. The van der Waals surface area contributed by atoms with Crippen LogP contribution < -0.4 is 10.6 Å². The van der Waals surface area contributed by atoms with E-state index in [4.69, 9.17) is 5.11 Å². The summed E-state index contributed by atoms with van der Waals surface area (Å²) in [4.78, 5) is 35.5. The monoisotopic (exact) mass is 373 g/mol. The fraction of sp³-hybridized carbons (Fsp3) is 0.438. The van der Waals surface area contributed by atoms with Gasteiger partial charge in [-0.25, -0.2) is 4.79 Å². The Balaban J connectivity index is 2.20. The molecule has 0 radical (unpaired) electrons. The minimum Gasteiger partial charge on any atom is -0.481 e. The minimum absolute atomic E-state index is 0.0493.